The number of ether oxygens (including phenoxy) is 1. The summed E-state index contributed by atoms with van der Waals surface area (Å²) in [6.07, 6.45) is 5.26. The average Bonchev–Trinajstić information content (AvgIpc) is 3.04. The number of carbonyl (C=O) groups excluding carboxylic acids is 1. The lowest BCUT2D eigenvalue weighted by Gasteiger charge is -2.38. The second-order valence-electron chi connectivity index (χ2n) is 8.85. The summed E-state index contributed by atoms with van der Waals surface area (Å²) < 4.78 is 6.15. The maximum Gasteiger partial charge on any atom is 0.253 e. The fourth-order valence-electron chi connectivity index (χ4n) is 4.91. The number of piperidine rings is 2. The van der Waals surface area contributed by atoms with E-state index in [0.717, 1.165) is 77.0 Å². The number of aliphatic hydroxyl groups excluding tert-OH is 1. The molecule has 3 aliphatic heterocycles. The number of nitrogens with zero attached hydrogens (tertiary/aromatic N) is 2. The molecule has 148 valence electrons. The van der Waals surface area contributed by atoms with Crippen molar-refractivity contribution in [1.82, 2.24) is 9.80 Å². The lowest BCUT2D eigenvalue weighted by atomic mass is 9.76. The Balaban J connectivity index is 1.28. The molecule has 1 N–H and O–H groups in total. The monoisotopic (exact) mass is 372 g/mol. The first-order valence-corrected chi connectivity index (χ1v) is 10.4. The summed E-state index contributed by atoms with van der Waals surface area (Å²) in [6.45, 7) is 7.30. The number of amides is 1. The minimum absolute atomic E-state index is 0.155. The molecule has 1 amide bonds. The van der Waals surface area contributed by atoms with Gasteiger partial charge in [0.25, 0.3) is 5.91 Å². The van der Waals surface area contributed by atoms with Crippen molar-refractivity contribution in [2.24, 2.45) is 5.41 Å². The predicted octanol–water partition coefficient (Wildman–Crippen LogP) is 2.46. The topological polar surface area (TPSA) is 53.0 Å². The van der Waals surface area contributed by atoms with E-state index in [1.54, 1.807) is 0 Å². The molecular weight excluding hydrogens is 340 g/mol. The Morgan fingerprint density at radius 3 is 2.67 bits per heavy atom. The third-order valence-corrected chi connectivity index (χ3v) is 6.64. The number of β-amino-alcohol motifs (C(OH)–C–C–N with tert-alkyl or cyclic N) is 1. The van der Waals surface area contributed by atoms with Crippen LogP contribution in [0.25, 0.3) is 0 Å². The van der Waals surface area contributed by atoms with E-state index in [9.17, 15) is 9.90 Å². The van der Waals surface area contributed by atoms with E-state index in [0.29, 0.717) is 0 Å². The number of carbonyl (C=O) groups is 1. The largest absolute Gasteiger partial charge is 0.392 e. The molecule has 3 aliphatic rings. The van der Waals surface area contributed by atoms with E-state index in [1.807, 2.05) is 36.1 Å². The highest BCUT2D eigenvalue weighted by atomic mass is 16.5. The van der Waals surface area contributed by atoms with Crippen LogP contribution >= 0.6 is 0 Å². The third-order valence-electron chi connectivity index (χ3n) is 6.64. The fourth-order valence-corrected chi connectivity index (χ4v) is 4.91. The van der Waals surface area contributed by atoms with Gasteiger partial charge in [-0.25, -0.2) is 0 Å². The van der Waals surface area contributed by atoms with Crippen LogP contribution in [0.15, 0.2) is 24.3 Å². The summed E-state index contributed by atoms with van der Waals surface area (Å²) >= 11 is 0. The zero-order valence-electron chi connectivity index (χ0n) is 16.4. The molecule has 0 aromatic heterocycles. The zero-order valence-corrected chi connectivity index (χ0v) is 16.4. The molecule has 4 rings (SSSR count). The van der Waals surface area contributed by atoms with Crippen LogP contribution in [0, 0.1) is 12.3 Å². The van der Waals surface area contributed by atoms with E-state index in [2.05, 4.69) is 4.90 Å². The van der Waals surface area contributed by atoms with Gasteiger partial charge in [-0.2, -0.15) is 0 Å². The quantitative estimate of drug-likeness (QED) is 0.886. The van der Waals surface area contributed by atoms with Crippen molar-refractivity contribution in [1.29, 1.82) is 0 Å². The van der Waals surface area contributed by atoms with Crippen LogP contribution in [0.1, 0.15) is 48.0 Å². The number of hydrogen-bond acceptors (Lipinski definition) is 4. The van der Waals surface area contributed by atoms with Gasteiger partial charge >= 0.3 is 0 Å². The van der Waals surface area contributed by atoms with E-state index < -0.39 is 0 Å². The first-order valence-electron chi connectivity index (χ1n) is 10.4. The van der Waals surface area contributed by atoms with Crippen molar-refractivity contribution in [2.45, 2.75) is 51.2 Å². The van der Waals surface area contributed by atoms with Crippen LogP contribution in [-0.4, -0.2) is 72.4 Å². The average molecular weight is 373 g/mol. The Kier molecular flexibility index (Phi) is 5.53. The molecule has 0 unspecified atom stereocenters. The minimum atomic E-state index is -0.176. The second kappa shape index (κ2) is 7.90. The molecule has 2 atom stereocenters. The number of rotatable bonds is 3. The lowest BCUT2D eigenvalue weighted by Crippen LogP contribution is -2.44. The second-order valence-corrected chi connectivity index (χ2v) is 8.85. The lowest BCUT2D eigenvalue weighted by molar-refractivity contribution is 0.0227. The van der Waals surface area contributed by atoms with Gasteiger partial charge in [0.15, 0.2) is 0 Å². The van der Waals surface area contributed by atoms with Crippen LogP contribution < -0.4 is 0 Å². The molecule has 0 aliphatic carbocycles. The van der Waals surface area contributed by atoms with Crippen LogP contribution in [0.3, 0.4) is 0 Å². The molecular formula is C22H32N2O3. The van der Waals surface area contributed by atoms with Gasteiger partial charge in [0, 0.05) is 31.7 Å². The number of aryl methyl sites for hydroxylation is 1. The summed E-state index contributed by atoms with van der Waals surface area (Å²) in [4.78, 5) is 17.1. The standard InChI is InChI=1S/C22H32N2O3/c1-17-4-6-18(7-5-17)21(26)24-11-8-22(9-12-24)13-20(27-16-22)15-23-10-2-3-19(25)14-23/h4-7,19-20,25H,2-3,8-16H2,1H3/t19-,20+/m1/s1. The molecule has 5 heteroatoms. The predicted molar refractivity (Wildman–Crippen MR) is 105 cm³/mol. The molecule has 0 radical (unpaired) electrons. The van der Waals surface area contributed by atoms with Crippen molar-refractivity contribution in [3.63, 3.8) is 0 Å². The molecule has 0 bridgehead atoms. The highest BCUT2D eigenvalue weighted by Crippen LogP contribution is 2.42. The molecule has 3 saturated heterocycles. The van der Waals surface area contributed by atoms with Gasteiger partial charge in [0.05, 0.1) is 18.8 Å². The Labute approximate surface area is 162 Å². The Morgan fingerprint density at radius 1 is 1.22 bits per heavy atom. The van der Waals surface area contributed by atoms with Gasteiger partial charge in [-0.3, -0.25) is 9.69 Å². The van der Waals surface area contributed by atoms with Crippen LogP contribution in [0.2, 0.25) is 0 Å². The minimum Gasteiger partial charge on any atom is -0.392 e. The molecule has 0 saturated carbocycles. The van der Waals surface area contributed by atoms with Crippen molar-refractivity contribution in [2.75, 3.05) is 39.3 Å². The Morgan fingerprint density at radius 2 is 1.96 bits per heavy atom. The van der Waals surface area contributed by atoms with Crippen LogP contribution in [0.5, 0.6) is 0 Å². The first kappa shape index (κ1) is 18.9. The smallest absolute Gasteiger partial charge is 0.253 e. The summed E-state index contributed by atoms with van der Waals surface area (Å²) in [5.41, 5.74) is 2.21. The van der Waals surface area contributed by atoms with Gasteiger partial charge in [-0.05, 0) is 63.1 Å². The van der Waals surface area contributed by atoms with Crippen molar-refractivity contribution >= 4 is 5.91 Å². The van der Waals surface area contributed by atoms with E-state index in [1.165, 1.54) is 5.56 Å². The van der Waals surface area contributed by atoms with Gasteiger partial charge in [-0.15, -0.1) is 0 Å². The van der Waals surface area contributed by atoms with E-state index in [-0.39, 0.29) is 23.5 Å². The molecule has 3 fully saturated rings. The maximum absolute atomic E-state index is 12.7. The molecule has 1 aromatic rings. The molecule has 3 heterocycles. The number of likely N-dealkylation sites (tertiary alicyclic amines) is 2. The Hall–Kier alpha value is -1.43. The Bertz CT molecular complexity index is 652. The number of aliphatic hydroxyl groups is 1. The molecule has 27 heavy (non-hydrogen) atoms. The third kappa shape index (κ3) is 4.36. The summed E-state index contributed by atoms with van der Waals surface area (Å²) in [5, 5.41) is 9.87. The number of benzene rings is 1. The number of hydrogen-bond donors (Lipinski definition) is 1. The van der Waals surface area contributed by atoms with Gasteiger partial charge in [0.1, 0.15) is 0 Å². The normalized spacial score (nSPS) is 28.6. The van der Waals surface area contributed by atoms with Gasteiger partial charge < -0.3 is 14.7 Å². The molecule has 5 nitrogen and oxygen atoms in total. The summed E-state index contributed by atoms with van der Waals surface area (Å²) in [7, 11) is 0. The van der Waals surface area contributed by atoms with Crippen molar-refractivity contribution < 1.29 is 14.6 Å². The van der Waals surface area contributed by atoms with Crippen molar-refractivity contribution in [3.8, 4) is 0 Å². The van der Waals surface area contributed by atoms with E-state index in [4.69, 9.17) is 4.74 Å². The SMILES string of the molecule is Cc1ccc(C(=O)N2CCC3(CC2)CO[C@H](CN2CCC[C@@H](O)C2)C3)cc1. The van der Waals surface area contributed by atoms with Crippen molar-refractivity contribution in [3.05, 3.63) is 35.4 Å². The van der Waals surface area contributed by atoms with Gasteiger partial charge in [-0.1, -0.05) is 17.7 Å². The van der Waals surface area contributed by atoms with Crippen LogP contribution in [-0.2, 0) is 4.74 Å². The zero-order chi connectivity index (χ0) is 18.9. The van der Waals surface area contributed by atoms with Crippen LogP contribution in [0.4, 0.5) is 0 Å². The maximum atomic E-state index is 12.7. The highest BCUT2D eigenvalue weighted by Gasteiger charge is 2.43. The fraction of sp³-hybridized carbons (Fsp3) is 0.682. The molecule has 1 aromatic carbocycles. The van der Waals surface area contributed by atoms with E-state index >= 15 is 0 Å². The summed E-state index contributed by atoms with van der Waals surface area (Å²) in [6, 6.07) is 7.88. The highest BCUT2D eigenvalue weighted by molar-refractivity contribution is 5.94. The summed E-state index contributed by atoms with van der Waals surface area (Å²) in [5.74, 6) is 0.155. The van der Waals surface area contributed by atoms with Gasteiger partial charge in [0.2, 0.25) is 0 Å². The first-order chi connectivity index (χ1) is 13.0. The molecule has 1 spiro atoms.